The fourth-order valence-corrected chi connectivity index (χ4v) is 4.39. The van der Waals surface area contributed by atoms with E-state index >= 15 is 0 Å². The molecule has 0 bridgehead atoms. The highest BCUT2D eigenvalue weighted by Gasteiger charge is 2.55. The highest BCUT2D eigenvalue weighted by atomic mass is 16.2. The first-order chi connectivity index (χ1) is 12.5. The Labute approximate surface area is 152 Å². The number of hydrogen-bond donors (Lipinski definition) is 2. The molecule has 2 fully saturated rings. The number of nitrogens with zero attached hydrogens (tertiary/aromatic N) is 2. The standard InChI is InChI=1S/C19H24N4O3/c1-20-14-7-10-22(11-8-14)16(24)12-23-17(25)19(21-18(23)26)9-6-13-4-2-3-5-15(13)19/h2-5,14,20H,6-12H2,1H3,(H,21,26). The summed E-state index contributed by atoms with van der Waals surface area (Å²) in [7, 11) is 1.92. The van der Waals surface area contributed by atoms with Crippen molar-refractivity contribution in [2.75, 3.05) is 26.7 Å². The van der Waals surface area contributed by atoms with Crippen molar-refractivity contribution in [1.29, 1.82) is 0 Å². The highest BCUT2D eigenvalue weighted by molar-refractivity contribution is 6.09. The van der Waals surface area contributed by atoms with Gasteiger partial charge in [0.2, 0.25) is 5.91 Å². The lowest BCUT2D eigenvalue weighted by Crippen LogP contribution is -2.49. The number of likely N-dealkylation sites (tertiary alicyclic amines) is 1. The third-order valence-corrected chi connectivity index (χ3v) is 5.97. The summed E-state index contributed by atoms with van der Waals surface area (Å²) in [5.41, 5.74) is 0.958. The Morgan fingerprint density at radius 2 is 2.00 bits per heavy atom. The second-order valence-electron chi connectivity index (χ2n) is 7.33. The number of aryl methyl sites for hydroxylation is 1. The van der Waals surface area contributed by atoms with Gasteiger partial charge < -0.3 is 15.5 Å². The van der Waals surface area contributed by atoms with Gasteiger partial charge in [-0.15, -0.1) is 0 Å². The lowest BCUT2D eigenvalue weighted by Gasteiger charge is -2.32. The molecule has 7 heteroatoms. The van der Waals surface area contributed by atoms with E-state index in [-0.39, 0.29) is 18.4 Å². The lowest BCUT2D eigenvalue weighted by molar-refractivity contribution is -0.139. The molecule has 4 rings (SSSR count). The van der Waals surface area contributed by atoms with Crippen LogP contribution in [0, 0.1) is 0 Å². The first-order valence-corrected chi connectivity index (χ1v) is 9.23. The lowest BCUT2D eigenvalue weighted by atomic mass is 9.92. The summed E-state index contributed by atoms with van der Waals surface area (Å²) in [6.07, 6.45) is 3.08. The predicted octanol–water partition coefficient (Wildman–Crippen LogP) is 0.590. The van der Waals surface area contributed by atoms with Crippen LogP contribution in [-0.2, 0) is 21.5 Å². The second kappa shape index (κ2) is 6.39. The van der Waals surface area contributed by atoms with Crippen molar-refractivity contribution in [2.24, 2.45) is 0 Å². The summed E-state index contributed by atoms with van der Waals surface area (Å²) < 4.78 is 0. The van der Waals surface area contributed by atoms with Crippen molar-refractivity contribution in [2.45, 2.75) is 37.3 Å². The van der Waals surface area contributed by atoms with E-state index in [0.717, 1.165) is 35.3 Å². The smallest absolute Gasteiger partial charge is 0.325 e. The van der Waals surface area contributed by atoms with Crippen LogP contribution in [0.5, 0.6) is 0 Å². The van der Waals surface area contributed by atoms with E-state index in [1.807, 2.05) is 31.3 Å². The molecule has 0 radical (unpaired) electrons. The summed E-state index contributed by atoms with van der Waals surface area (Å²) in [4.78, 5) is 41.0. The minimum atomic E-state index is -0.993. The molecule has 4 amide bonds. The zero-order chi connectivity index (χ0) is 18.3. The second-order valence-corrected chi connectivity index (χ2v) is 7.33. The van der Waals surface area contributed by atoms with Gasteiger partial charge in [-0.3, -0.25) is 14.5 Å². The number of carbonyl (C=O) groups is 3. The molecule has 1 aliphatic carbocycles. The average Bonchev–Trinajstić information content (AvgIpc) is 3.15. The maximum Gasteiger partial charge on any atom is 0.325 e. The molecule has 7 nitrogen and oxygen atoms in total. The van der Waals surface area contributed by atoms with Crippen LogP contribution in [0.1, 0.15) is 30.4 Å². The van der Waals surface area contributed by atoms with Crippen molar-refractivity contribution >= 4 is 17.8 Å². The quantitative estimate of drug-likeness (QED) is 0.777. The van der Waals surface area contributed by atoms with Gasteiger partial charge >= 0.3 is 6.03 Å². The molecule has 2 heterocycles. The average molecular weight is 356 g/mol. The number of imide groups is 1. The van der Waals surface area contributed by atoms with Gasteiger partial charge in [0.1, 0.15) is 12.1 Å². The topological polar surface area (TPSA) is 81.8 Å². The van der Waals surface area contributed by atoms with Crippen LogP contribution < -0.4 is 10.6 Å². The zero-order valence-corrected chi connectivity index (χ0v) is 15.0. The van der Waals surface area contributed by atoms with Gasteiger partial charge in [0.15, 0.2) is 0 Å². The van der Waals surface area contributed by atoms with E-state index in [0.29, 0.717) is 25.6 Å². The summed E-state index contributed by atoms with van der Waals surface area (Å²) >= 11 is 0. The van der Waals surface area contributed by atoms with Crippen molar-refractivity contribution < 1.29 is 14.4 Å². The Hall–Kier alpha value is -2.41. The van der Waals surface area contributed by atoms with Crippen molar-refractivity contribution in [3.8, 4) is 0 Å². The molecule has 1 atom stereocenters. The van der Waals surface area contributed by atoms with Crippen LogP contribution >= 0.6 is 0 Å². The summed E-state index contributed by atoms with van der Waals surface area (Å²) in [5, 5.41) is 6.09. The van der Waals surface area contributed by atoms with Gasteiger partial charge in [-0.05, 0) is 43.9 Å². The van der Waals surface area contributed by atoms with Crippen molar-refractivity contribution in [3.63, 3.8) is 0 Å². The molecule has 1 unspecified atom stereocenters. The Bertz CT molecular complexity index is 757. The SMILES string of the molecule is CNC1CCN(C(=O)CN2C(=O)NC3(CCc4ccccc43)C2=O)CC1. The Morgan fingerprint density at radius 1 is 1.27 bits per heavy atom. The minimum Gasteiger partial charge on any atom is -0.341 e. The Balaban J connectivity index is 1.48. The first-order valence-electron chi connectivity index (χ1n) is 9.23. The summed E-state index contributed by atoms with van der Waals surface area (Å²) in [5.74, 6) is -0.461. The highest BCUT2D eigenvalue weighted by Crippen LogP contribution is 2.41. The third-order valence-electron chi connectivity index (χ3n) is 5.97. The van der Waals surface area contributed by atoms with Gasteiger partial charge in [0.05, 0.1) is 0 Å². The molecule has 2 N–H and O–H groups in total. The number of rotatable bonds is 3. The van der Waals surface area contributed by atoms with Crippen LogP contribution in [0.25, 0.3) is 0 Å². The van der Waals surface area contributed by atoms with Gasteiger partial charge in [-0.1, -0.05) is 24.3 Å². The maximum atomic E-state index is 13.1. The van der Waals surface area contributed by atoms with Crippen molar-refractivity contribution in [3.05, 3.63) is 35.4 Å². The minimum absolute atomic E-state index is 0.161. The molecule has 2 aliphatic heterocycles. The largest absolute Gasteiger partial charge is 0.341 e. The Morgan fingerprint density at radius 3 is 2.73 bits per heavy atom. The van der Waals surface area contributed by atoms with Gasteiger partial charge in [-0.25, -0.2) is 4.79 Å². The zero-order valence-electron chi connectivity index (χ0n) is 15.0. The number of hydrogen-bond acceptors (Lipinski definition) is 4. The van der Waals surface area contributed by atoms with E-state index < -0.39 is 11.6 Å². The van der Waals surface area contributed by atoms with Crippen LogP contribution in [-0.4, -0.2) is 60.4 Å². The molecular formula is C19H24N4O3. The summed E-state index contributed by atoms with van der Waals surface area (Å²) in [6.45, 7) is 1.13. The molecule has 1 aromatic rings. The van der Waals surface area contributed by atoms with E-state index in [4.69, 9.17) is 0 Å². The van der Waals surface area contributed by atoms with Crippen molar-refractivity contribution in [1.82, 2.24) is 20.4 Å². The number of piperidine rings is 1. The molecule has 0 aromatic heterocycles. The van der Waals surface area contributed by atoms with Crippen LogP contribution in [0.15, 0.2) is 24.3 Å². The number of amides is 4. The van der Waals surface area contributed by atoms with E-state index in [9.17, 15) is 14.4 Å². The van der Waals surface area contributed by atoms with Gasteiger partial charge in [0, 0.05) is 19.1 Å². The number of fused-ring (bicyclic) bond motifs is 2. The van der Waals surface area contributed by atoms with E-state index in [1.165, 1.54) is 0 Å². The molecule has 1 aromatic carbocycles. The number of carbonyl (C=O) groups excluding carboxylic acids is 3. The fraction of sp³-hybridized carbons (Fsp3) is 0.526. The fourth-order valence-electron chi connectivity index (χ4n) is 4.39. The molecule has 3 aliphatic rings. The summed E-state index contributed by atoms with van der Waals surface area (Å²) in [6, 6.07) is 7.66. The number of nitrogens with one attached hydrogen (secondary N) is 2. The van der Waals surface area contributed by atoms with Gasteiger partial charge in [0.25, 0.3) is 5.91 Å². The van der Waals surface area contributed by atoms with Crippen LogP contribution in [0.4, 0.5) is 4.79 Å². The maximum absolute atomic E-state index is 13.1. The Kier molecular flexibility index (Phi) is 4.19. The molecule has 138 valence electrons. The normalized spacial score (nSPS) is 25.7. The molecular weight excluding hydrogens is 332 g/mol. The number of benzene rings is 1. The van der Waals surface area contributed by atoms with Crippen LogP contribution in [0.3, 0.4) is 0 Å². The van der Waals surface area contributed by atoms with Gasteiger partial charge in [-0.2, -0.15) is 0 Å². The molecule has 1 spiro atoms. The third kappa shape index (κ3) is 2.58. The first kappa shape index (κ1) is 17.0. The van der Waals surface area contributed by atoms with E-state index in [1.54, 1.807) is 4.90 Å². The molecule has 26 heavy (non-hydrogen) atoms. The predicted molar refractivity (Wildman–Crippen MR) is 95.3 cm³/mol. The van der Waals surface area contributed by atoms with Crippen LogP contribution in [0.2, 0.25) is 0 Å². The number of urea groups is 1. The molecule has 0 saturated carbocycles. The molecule has 2 saturated heterocycles. The monoisotopic (exact) mass is 356 g/mol. The van der Waals surface area contributed by atoms with E-state index in [2.05, 4.69) is 10.6 Å².